The lowest BCUT2D eigenvalue weighted by molar-refractivity contribution is -0.116. The molecule has 0 aliphatic carbocycles. The van der Waals surface area contributed by atoms with Gasteiger partial charge >= 0.3 is 0 Å². The number of halogens is 3. The molecule has 6 nitrogen and oxygen atoms in total. The van der Waals surface area contributed by atoms with E-state index in [1.807, 2.05) is 23.6 Å². The third kappa shape index (κ3) is 4.70. The average molecular weight is 482 g/mol. The topological polar surface area (TPSA) is 68.5 Å². The Labute approximate surface area is 191 Å². The Kier molecular flexibility index (Phi) is 6.43. The number of amides is 1. The van der Waals surface area contributed by atoms with E-state index in [0.29, 0.717) is 38.8 Å². The van der Waals surface area contributed by atoms with Crippen molar-refractivity contribution in [2.75, 3.05) is 11.9 Å². The van der Waals surface area contributed by atoms with E-state index in [4.69, 9.17) is 39.5 Å². The second-order valence-electron chi connectivity index (χ2n) is 6.31. The fourth-order valence-corrected chi connectivity index (χ4v) is 4.30. The Balaban J connectivity index is 1.37. The molecule has 154 valence electrons. The van der Waals surface area contributed by atoms with E-state index < -0.39 is 0 Å². The summed E-state index contributed by atoms with van der Waals surface area (Å²) in [5, 5.41) is 10.6. The van der Waals surface area contributed by atoms with Crippen LogP contribution in [0.25, 0.3) is 16.2 Å². The highest BCUT2D eigenvalue weighted by Gasteiger charge is 2.15. The number of anilines is 1. The van der Waals surface area contributed by atoms with Crippen LogP contribution in [0.5, 0.6) is 5.75 Å². The number of nitrogens with zero attached hydrogens (tertiary/aromatic N) is 3. The summed E-state index contributed by atoms with van der Waals surface area (Å²) in [5.41, 5.74) is 1.56. The van der Waals surface area contributed by atoms with Crippen molar-refractivity contribution in [1.82, 2.24) is 14.6 Å². The molecule has 2 heterocycles. The smallest absolute Gasteiger partial charge is 0.250 e. The highest BCUT2D eigenvalue weighted by molar-refractivity contribution is 7.15. The Bertz CT molecular complexity index is 1210. The van der Waals surface area contributed by atoms with E-state index in [-0.39, 0.29) is 18.3 Å². The van der Waals surface area contributed by atoms with Crippen LogP contribution in [0.4, 0.5) is 5.95 Å². The van der Waals surface area contributed by atoms with E-state index in [1.165, 1.54) is 11.3 Å². The lowest BCUT2D eigenvalue weighted by Gasteiger charge is -2.07. The van der Waals surface area contributed by atoms with Crippen LogP contribution < -0.4 is 10.1 Å². The Morgan fingerprint density at radius 2 is 1.97 bits per heavy atom. The number of para-hydroxylation sites is 1. The van der Waals surface area contributed by atoms with Crippen LogP contribution in [0.3, 0.4) is 0 Å². The molecular weight excluding hydrogens is 467 g/mol. The van der Waals surface area contributed by atoms with Gasteiger partial charge in [0.1, 0.15) is 5.75 Å². The van der Waals surface area contributed by atoms with Gasteiger partial charge in [-0.3, -0.25) is 10.1 Å². The van der Waals surface area contributed by atoms with Crippen molar-refractivity contribution < 1.29 is 9.53 Å². The molecule has 0 bridgehead atoms. The normalized spacial score (nSPS) is 11.0. The van der Waals surface area contributed by atoms with Gasteiger partial charge in [-0.05, 0) is 36.8 Å². The van der Waals surface area contributed by atoms with Gasteiger partial charge in [-0.2, -0.15) is 4.98 Å². The fraction of sp³-hybridized carbons (Fsp3) is 0.150. The summed E-state index contributed by atoms with van der Waals surface area (Å²) in [6.45, 7) is 0.377. The van der Waals surface area contributed by atoms with Crippen LogP contribution in [0.2, 0.25) is 15.1 Å². The van der Waals surface area contributed by atoms with Gasteiger partial charge in [-0.25, -0.2) is 4.52 Å². The second kappa shape index (κ2) is 9.22. The van der Waals surface area contributed by atoms with E-state index >= 15 is 0 Å². The molecule has 0 saturated heterocycles. The molecule has 0 saturated carbocycles. The highest BCUT2D eigenvalue weighted by Crippen LogP contribution is 2.33. The van der Waals surface area contributed by atoms with Gasteiger partial charge in [0.25, 0.3) is 0 Å². The van der Waals surface area contributed by atoms with E-state index in [2.05, 4.69) is 15.4 Å². The molecule has 2 aromatic carbocycles. The average Bonchev–Trinajstić information content (AvgIpc) is 3.27. The van der Waals surface area contributed by atoms with Gasteiger partial charge in [0, 0.05) is 22.4 Å². The minimum atomic E-state index is -0.193. The number of benzene rings is 2. The minimum Gasteiger partial charge on any atom is -0.492 e. The molecule has 4 aromatic rings. The van der Waals surface area contributed by atoms with Gasteiger partial charge in [0.2, 0.25) is 16.8 Å². The molecule has 0 radical (unpaired) electrons. The van der Waals surface area contributed by atoms with E-state index in [0.717, 1.165) is 11.3 Å². The number of hydrogen-bond acceptors (Lipinski definition) is 5. The first-order valence-corrected chi connectivity index (χ1v) is 11.0. The second-order valence-corrected chi connectivity index (χ2v) is 8.39. The summed E-state index contributed by atoms with van der Waals surface area (Å²) in [7, 11) is 0. The molecule has 0 atom stereocenters. The Morgan fingerprint density at radius 1 is 1.13 bits per heavy atom. The lowest BCUT2D eigenvalue weighted by Crippen LogP contribution is -2.14. The number of fused-ring (bicyclic) bond motifs is 1. The minimum absolute atomic E-state index is 0.193. The van der Waals surface area contributed by atoms with Gasteiger partial charge in [-0.15, -0.1) is 16.4 Å². The zero-order valence-corrected chi connectivity index (χ0v) is 18.5. The zero-order chi connectivity index (χ0) is 21.1. The first kappa shape index (κ1) is 20.9. The maximum absolute atomic E-state index is 12.2. The van der Waals surface area contributed by atoms with Crippen LogP contribution in [0.15, 0.2) is 47.8 Å². The molecule has 0 fully saturated rings. The number of nitrogens with one attached hydrogen (secondary N) is 1. The first-order chi connectivity index (χ1) is 14.5. The lowest BCUT2D eigenvalue weighted by atomic mass is 10.2. The number of ether oxygens (including phenoxy) is 1. The van der Waals surface area contributed by atoms with Crippen LogP contribution >= 0.6 is 46.1 Å². The van der Waals surface area contributed by atoms with Crippen molar-refractivity contribution in [3.8, 4) is 17.0 Å². The zero-order valence-electron chi connectivity index (χ0n) is 15.4. The molecule has 0 unspecified atom stereocenters. The molecule has 0 spiro atoms. The van der Waals surface area contributed by atoms with Crippen molar-refractivity contribution >= 4 is 63.0 Å². The highest BCUT2D eigenvalue weighted by atomic mass is 35.5. The molecule has 1 N–H and O–H groups in total. The van der Waals surface area contributed by atoms with Crippen LogP contribution in [-0.2, 0) is 4.79 Å². The Morgan fingerprint density at radius 3 is 2.77 bits per heavy atom. The number of carbonyl (C=O) groups is 1. The van der Waals surface area contributed by atoms with Crippen molar-refractivity contribution in [3.63, 3.8) is 0 Å². The number of rotatable bonds is 7. The van der Waals surface area contributed by atoms with Crippen LogP contribution in [0.1, 0.15) is 12.8 Å². The number of hydrogen-bond donors (Lipinski definition) is 1. The first-order valence-electron chi connectivity index (χ1n) is 8.98. The predicted octanol–water partition coefficient (Wildman–Crippen LogP) is 6.22. The predicted molar refractivity (Wildman–Crippen MR) is 121 cm³/mol. The monoisotopic (exact) mass is 480 g/mol. The van der Waals surface area contributed by atoms with Gasteiger partial charge in [-0.1, -0.05) is 46.9 Å². The molecule has 30 heavy (non-hydrogen) atoms. The summed E-state index contributed by atoms with van der Waals surface area (Å²) in [5.74, 6) is 0.649. The number of carbonyl (C=O) groups excluding carboxylic acids is 1. The quantitative estimate of drug-likeness (QED) is 0.318. The summed E-state index contributed by atoms with van der Waals surface area (Å²) in [6.07, 6.45) is 0.804. The molecule has 0 aliphatic rings. The number of thiazole rings is 1. The van der Waals surface area contributed by atoms with Gasteiger partial charge in [0.15, 0.2) is 0 Å². The molecule has 0 aliphatic heterocycles. The number of aromatic nitrogens is 3. The summed E-state index contributed by atoms with van der Waals surface area (Å²) < 4.78 is 7.24. The summed E-state index contributed by atoms with van der Waals surface area (Å²) >= 11 is 19.7. The van der Waals surface area contributed by atoms with Crippen molar-refractivity contribution in [2.45, 2.75) is 12.8 Å². The summed E-state index contributed by atoms with van der Waals surface area (Å²) in [4.78, 5) is 17.2. The molecule has 2 aromatic heterocycles. The van der Waals surface area contributed by atoms with Crippen molar-refractivity contribution in [2.24, 2.45) is 0 Å². The standard InChI is InChI=1S/C20H15Cl3N4O2S/c21-12-7-8-13(15(23)10-12)16-11-30-20-25-19(26-27(16)20)24-18(28)6-3-9-29-17-5-2-1-4-14(17)22/h1-2,4-5,7-8,10-11H,3,6,9H2,(H,24,26,28). The maximum Gasteiger partial charge on any atom is 0.250 e. The van der Waals surface area contributed by atoms with Crippen LogP contribution in [-0.4, -0.2) is 27.1 Å². The SMILES string of the molecule is O=C(CCCOc1ccccc1Cl)Nc1nc2scc(-c3ccc(Cl)cc3Cl)n2n1. The molecule has 1 amide bonds. The van der Waals surface area contributed by atoms with Gasteiger partial charge in [0.05, 0.1) is 22.3 Å². The van der Waals surface area contributed by atoms with Gasteiger partial charge < -0.3 is 4.74 Å². The molecular formula is C20H15Cl3N4O2S. The molecule has 10 heteroatoms. The maximum atomic E-state index is 12.2. The van der Waals surface area contributed by atoms with Crippen molar-refractivity contribution in [1.29, 1.82) is 0 Å². The van der Waals surface area contributed by atoms with Crippen molar-refractivity contribution in [3.05, 3.63) is 62.9 Å². The Hall–Kier alpha value is -2.32. The van der Waals surface area contributed by atoms with Crippen LogP contribution in [0, 0.1) is 0 Å². The third-order valence-electron chi connectivity index (χ3n) is 4.18. The largest absolute Gasteiger partial charge is 0.492 e. The fourth-order valence-electron chi connectivity index (χ4n) is 2.78. The molecule has 4 rings (SSSR count). The third-order valence-corrected chi connectivity index (χ3v) is 5.86. The van der Waals surface area contributed by atoms with E-state index in [1.54, 1.807) is 28.8 Å². The summed E-state index contributed by atoms with van der Waals surface area (Å²) in [6, 6.07) is 12.5. The van der Waals surface area contributed by atoms with E-state index in [9.17, 15) is 4.79 Å².